The van der Waals surface area contributed by atoms with Gasteiger partial charge < -0.3 is 10.6 Å². The van der Waals surface area contributed by atoms with Crippen LogP contribution in [-0.2, 0) is 9.59 Å². The molecule has 0 aromatic rings. The van der Waals surface area contributed by atoms with Crippen molar-refractivity contribution in [2.75, 3.05) is 13.1 Å². The summed E-state index contributed by atoms with van der Waals surface area (Å²) in [6, 6.07) is 0. The van der Waals surface area contributed by atoms with Crippen LogP contribution in [0, 0.1) is 11.8 Å². The normalized spacial score (nSPS) is 22.3. The van der Waals surface area contributed by atoms with Gasteiger partial charge in [-0.15, -0.1) is 0 Å². The Bertz CT molecular complexity index is 277. The SMILES string of the molecule is CCCCNC(=O)C1CCCC(C(=O)NCCCC)C1. The molecular weight excluding hydrogens is 252 g/mol. The molecule has 0 aromatic carbocycles. The van der Waals surface area contributed by atoms with Gasteiger partial charge in [-0.2, -0.15) is 0 Å². The summed E-state index contributed by atoms with van der Waals surface area (Å²) in [5.41, 5.74) is 0. The van der Waals surface area contributed by atoms with Crippen molar-refractivity contribution >= 4 is 11.8 Å². The molecule has 4 nitrogen and oxygen atoms in total. The van der Waals surface area contributed by atoms with Gasteiger partial charge in [-0.1, -0.05) is 33.1 Å². The van der Waals surface area contributed by atoms with Crippen LogP contribution in [-0.4, -0.2) is 24.9 Å². The maximum absolute atomic E-state index is 12.1. The van der Waals surface area contributed by atoms with Gasteiger partial charge >= 0.3 is 0 Å². The molecule has 2 N–H and O–H groups in total. The van der Waals surface area contributed by atoms with E-state index in [0.29, 0.717) is 0 Å². The number of carbonyl (C=O) groups excluding carboxylic acids is 2. The van der Waals surface area contributed by atoms with Gasteiger partial charge in [0.1, 0.15) is 0 Å². The van der Waals surface area contributed by atoms with Crippen molar-refractivity contribution in [2.24, 2.45) is 11.8 Å². The molecule has 0 aromatic heterocycles. The highest BCUT2D eigenvalue weighted by Gasteiger charge is 2.30. The Morgan fingerprint density at radius 2 is 1.35 bits per heavy atom. The van der Waals surface area contributed by atoms with Crippen LogP contribution >= 0.6 is 0 Å². The van der Waals surface area contributed by atoms with E-state index in [1.807, 2.05) is 0 Å². The second-order valence-electron chi connectivity index (χ2n) is 5.85. The van der Waals surface area contributed by atoms with Gasteiger partial charge in [-0.05, 0) is 32.1 Å². The summed E-state index contributed by atoms with van der Waals surface area (Å²) in [6.45, 7) is 5.76. The molecule has 1 rings (SSSR count). The fourth-order valence-corrected chi connectivity index (χ4v) is 2.73. The number of hydrogen-bond acceptors (Lipinski definition) is 2. The first-order chi connectivity index (χ1) is 9.69. The molecule has 2 atom stereocenters. The highest BCUT2D eigenvalue weighted by Crippen LogP contribution is 2.29. The van der Waals surface area contributed by atoms with Crippen LogP contribution in [0.15, 0.2) is 0 Å². The summed E-state index contributed by atoms with van der Waals surface area (Å²) >= 11 is 0. The Morgan fingerprint density at radius 1 is 0.900 bits per heavy atom. The van der Waals surface area contributed by atoms with Gasteiger partial charge in [0.25, 0.3) is 0 Å². The van der Waals surface area contributed by atoms with Crippen LogP contribution in [0.3, 0.4) is 0 Å². The van der Waals surface area contributed by atoms with E-state index in [2.05, 4.69) is 24.5 Å². The Kier molecular flexibility index (Phi) is 8.31. The van der Waals surface area contributed by atoms with Gasteiger partial charge in [0.15, 0.2) is 0 Å². The molecule has 0 heterocycles. The number of amides is 2. The first kappa shape index (κ1) is 17.0. The van der Waals surface area contributed by atoms with Crippen LogP contribution in [0.25, 0.3) is 0 Å². The first-order valence-corrected chi connectivity index (χ1v) is 8.24. The third kappa shape index (κ3) is 5.93. The van der Waals surface area contributed by atoms with Gasteiger partial charge in [0, 0.05) is 24.9 Å². The van der Waals surface area contributed by atoms with E-state index in [9.17, 15) is 9.59 Å². The highest BCUT2D eigenvalue weighted by molar-refractivity contribution is 5.82. The quantitative estimate of drug-likeness (QED) is 0.672. The molecule has 0 bridgehead atoms. The van der Waals surface area contributed by atoms with Gasteiger partial charge in [0.2, 0.25) is 11.8 Å². The molecule has 0 aliphatic heterocycles. The fourth-order valence-electron chi connectivity index (χ4n) is 2.73. The average molecular weight is 282 g/mol. The minimum atomic E-state index is 0.0301. The lowest BCUT2D eigenvalue weighted by atomic mass is 9.80. The van der Waals surface area contributed by atoms with Crippen LogP contribution in [0.5, 0.6) is 0 Å². The third-order valence-electron chi connectivity index (χ3n) is 4.07. The number of nitrogens with one attached hydrogen (secondary N) is 2. The lowest BCUT2D eigenvalue weighted by Crippen LogP contribution is -2.39. The van der Waals surface area contributed by atoms with Gasteiger partial charge in [0.05, 0.1) is 0 Å². The standard InChI is InChI=1S/C16H30N2O2/c1-3-5-10-17-15(19)13-8-7-9-14(12-13)16(20)18-11-6-4-2/h13-14H,3-12H2,1-2H3,(H,17,19)(H,18,20). The maximum Gasteiger partial charge on any atom is 0.223 e. The van der Waals surface area contributed by atoms with Crippen molar-refractivity contribution in [3.63, 3.8) is 0 Å². The second-order valence-corrected chi connectivity index (χ2v) is 5.85. The zero-order chi connectivity index (χ0) is 14.8. The van der Waals surface area contributed by atoms with Crippen LogP contribution in [0.4, 0.5) is 0 Å². The second kappa shape index (κ2) is 9.78. The summed E-state index contributed by atoms with van der Waals surface area (Å²) in [7, 11) is 0. The molecule has 4 heteroatoms. The Labute approximate surface area is 123 Å². The third-order valence-corrected chi connectivity index (χ3v) is 4.07. The molecule has 1 aliphatic carbocycles. The lowest BCUT2D eigenvalue weighted by Gasteiger charge is -2.27. The summed E-state index contributed by atoms with van der Waals surface area (Å²) in [5.74, 6) is 0.346. The van der Waals surface area contributed by atoms with Crippen LogP contribution in [0.1, 0.15) is 65.2 Å². The topological polar surface area (TPSA) is 58.2 Å². The molecule has 1 aliphatic rings. The predicted octanol–water partition coefficient (Wildman–Crippen LogP) is 2.63. The lowest BCUT2D eigenvalue weighted by molar-refractivity contribution is -0.130. The van der Waals surface area contributed by atoms with E-state index in [0.717, 1.165) is 64.5 Å². The first-order valence-electron chi connectivity index (χ1n) is 8.24. The number of rotatable bonds is 8. The monoisotopic (exact) mass is 282 g/mol. The molecule has 0 spiro atoms. The minimum absolute atomic E-state index is 0.0301. The Balaban J connectivity index is 2.33. The maximum atomic E-state index is 12.1. The fraction of sp³-hybridized carbons (Fsp3) is 0.875. The molecule has 20 heavy (non-hydrogen) atoms. The molecule has 1 saturated carbocycles. The smallest absolute Gasteiger partial charge is 0.223 e. The minimum Gasteiger partial charge on any atom is -0.356 e. The van der Waals surface area contributed by atoms with Gasteiger partial charge in [-0.3, -0.25) is 9.59 Å². The average Bonchev–Trinajstić information content (AvgIpc) is 2.47. The number of carbonyl (C=O) groups is 2. The summed E-state index contributed by atoms with van der Waals surface area (Å²) in [4.78, 5) is 24.1. The number of unbranched alkanes of at least 4 members (excludes halogenated alkanes) is 2. The van der Waals surface area contributed by atoms with E-state index in [1.54, 1.807) is 0 Å². The van der Waals surface area contributed by atoms with Crippen molar-refractivity contribution in [3.05, 3.63) is 0 Å². The Morgan fingerprint density at radius 3 is 1.75 bits per heavy atom. The molecule has 2 unspecified atom stereocenters. The largest absolute Gasteiger partial charge is 0.356 e. The van der Waals surface area contributed by atoms with E-state index < -0.39 is 0 Å². The summed E-state index contributed by atoms with van der Waals surface area (Å²) in [5, 5.41) is 5.99. The van der Waals surface area contributed by atoms with E-state index >= 15 is 0 Å². The molecule has 1 fully saturated rings. The van der Waals surface area contributed by atoms with Crippen molar-refractivity contribution < 1.29 is 9.59 Å². The van der Waals surface area contributed by atoms with E-state index in [1.165, 1.54) is 0 Å². The summed E-state index contributed by atoms with van der Waals surface area (Å²) < 4.78 is 0. The van der Waals surface area contributed by atoms with Crippen molar-refractivity contribution in [2.45, 2.75) is 65.2 Å². The highest BCUT2D eigenvalue weighted by atomic mass is 16.2. The van der Waals surface area contributed by atoms with Gasteiger partial charge in [-0.25, -0.2) is 0 Å². The van der Waals surface area contributed by atoms with Crippen molar-refractivity contribution in [3.8, 4) is 0 Å². The Hall–Kier alpha value is -1.06. The van der Waals surface area contributed by atoms with Crippen molar-refractivity contribution in [1.82, 2.24) is 10.6 Å². The molecule has 0 saturated heterocycles. The van der Waals surface area contributed by atoms with Crippen LogP contribution < -0.4 is 10.6 Å². The zero-order valence-electron chi connectivity index (χ0n) is 13.0. The molecule has 0 radical (unpaired) electrons. The van der Waals surface area contributed by atoms with E-state index in [4.69, 9.17) is 0 Å². The molecule has 116 valence electrons. The summed E-state index contributed by atoms with van der Waals surface area (Å²) in [6.07, 6.45) is 7.79. The van der Waals surface area contributed by atoms with E-state index in [-0.39, 0.29) is 23.7 Å². The van der Waals surface area contributed by atoms with Crippen molar-refractivity contribution in [1.29, 1.82) is 0 Å². The number of hydrogen-bond donors (Lipinski definition) is 2. The van der Waals surface area contributed by atoms with Crippen LogP contribution in [0.2, 0.25) is 0 Å². The predicted molar refractivity (Wildman–Crippen MR) is 81.3 cm³/mol. The molecule has 2 amide bonds. The molecular formula is C16H30N2O2. The zero-order valence-corrected chi connectivity index (χ0v) is 13.0.